The van der Waals surface area contributed by atoms with E-state index < -0.39 is 6.04 Å². The zero-order chi connectivity index (χ0) is 13.8. The van der Waals surface area contributed by atoms with Gasteiger partial charge in [-0.05, 0) is 31.9 Å². The maximum atomic E-state index is 12.4. The van der Waals surface area contributed by atoms with Gasteiger partial charge in [-0.15, -0.1) is 0 Å². The first kappa shape index (κ1) is 13.8. The molecular weight excluding hydrogens is 268 g/mol. The first-order valence-corrected chi connectivity index (χ1v) is 6.61. The highest BCUT2D eigenvalue weighted by molar-refractivity contribution is 6.32. The molecule has 1 aliphatic rings. The molecule has 0 aromatic carbocycles. The van der Waals surface area contributed by atoms with Crippen molar-refractivity contribution in [2.24, 2.45) is 0 Å². The van der Waals surface area contributed by atoms with Crippen LogP contribution in [0.3, 0.4) is 0 Å². The second-order valence-electron chi connectivity index (χ2n) is 4.25. The van der Waals surface area contributed by atoms with E-state index in [4.69, 9.17) is 16.3 Å². The molecule has 0 spiro atoms. The number of amides is 1. The Morgan fingerprint density at radius 1 is 1.58 bits per heavy atom. The summed E-state index contributed by atoms with van der Waals surface area (Å²) in [4.78, 5) is 29.6. The van der Waals surface area contributed by atoms with Gasteiger partial charge in [-0.2, -0.15) is 0 Å². The van der Waals surface area contributed by atoms with Crippen LogP contribution in [0.4, 0.5) is 0 Å². The summed E-state index contributed by atoms with van der Waals surface area (Å²) in [6.07, 6.45) is 2.93. The van der Waals surface area contributed by atoms with Gasteiger partial charge in [0.15, 0.2) is 0 Å². The lowest BCUT2D eigenvalue weighted by molar-refractivity contribution is -0.147. The predicted molar refractivity (Wildman–Crippen MR) is 69.9 cm³/mol. The number of carbonyl (C=O) groups excluding carboxylic acids is 2. The third kappa shape index (κ3) is 2.87. The number of pyridine rings is 1. The Morgan fingerprint density at radius 3 is 3.05 bits per heavy atom. The van der Waals surface area contributed by atoms with Crippen molar-refractivity contribution in [1.29, 1.82) is 0 Å². The van der Waals surface area contributed by atoms with E-state index in [9.17, 15) is 9.59 Å². The van der Waals surface area contributed by atoms with E-state index >= 15 is 0 Å². The molecule has 19 heavy (non-hydrogen) atoms. The van der Waals surface area contributed by atoms with E-state index in [1.807, 2.05) is 0 Å². The Hall–Kier alpha value is -1.62. The van der Waals surface area contributed by atoms with Crippen molar-refractivity contribution in [3.8, 4) is 0 Å². The normalized spacial score (nSPS) is 18.4. The molecule has 1 aromatic rings. The number of rotatable bonds is 3. The SMILES string of the molecule is CCOC(=O)C1CCCN1C(=O)c1cccnc1Cl. The van der Waals surface area contributed by atoms with Gasteiger partial charge in [-0.1, -0.05) is 11.6 Å². The average Bonchev–Trinajstić information content (AvgIpc) is 2.88. The molecule has 0 radical (unpaired) electrons. The second kappa shape index (κ2) is 6.02. The first-order chi connectivity index (χ1) is 9.15. The van der Waals surface area contributed by atoms with Crippen molar-refractivity contribution in [3.63, 3.8) is 0 Å². The van der Waals surface area contributed by atoms with E-state index in [1.54, 1.807) is 19.1 Å². The van der Waals surface area contributed by atoms with Gasteiger partial charge >= 0.3 is 5.97 Å². The molecule has 1 fully saturated rings. The largest absolute Gasteiger partial charge is 0.464 e. The fraction of sp³-hybridized carbons (Fsp3) is 0.462. The molecule has 0 N–H and O–H groups in total. The van der Waals surface area contributed by atoms with Gasteiger partial charge < -0.3 is 9.64 Å². The van der Waals surface area contributed by atoms with Crippen LogP contribution in [-0.2, 0) is 9.53 Å². The zero-order valence-corrected chi connectivity index (χ0v) is 11.4. The summed E-state index contributed by atoms with van der Waals surface area (Å²) in [5.74, 6) is -0.623. The molecule has 6 heteroatoms. The predicted octanol–water partition coefficient (Wildman–Crippen LogP) is 1.90. The number of likely N-dealkylation sites (tertiary alicyclic amines) is 1. The third-order valence-corrected chi connectivity index (χ3v) is 3.36. The highest BCUT2D eigenvalue weighted by Gasteiger charge is 2.36. The highest BCUT2D eigenvalue weighted by Crippen LogP contribution is 2.23. The highest BCUT2D eigenvalue weighted by atomic mass is 35.5. The number of ether oxygens (including phenoxy) is 1. The molecule has 1 saturated heterocycles. The van der Waals surface area contributed by atoms with Gasteiger partial charge in [0.05, 0.1) is 12.2 Å². The van der Waals surface area contributed by atoms with Crippen molar-refractivity contribution >= 4 is 23.5 Å². The van der Waals surface area contributed by atoms with Gasteiger partial charge in [0.2, 0.25) is 0 Å². The zero-order valence-electron chi connectivity index (χ0n) is 10.6. The average molecular weight is 283 g/mol. The van der Waals surface area contributed by atoms with Crippen LogP contribution < -0.4 is 0 Å². The smallest absolute Gasteiger partial charge is 0.328 e. The molecule has 0 aliphatic carbocycles. The van der Waals surface area contributed by atoms with Gasteiger partial charge in [-0.25, -0.2) is 9.78 Å². The van der Waals surface area contributed by atoms with Gasteiger partial charge in [0.1, 0.15) is 11.2 Å². The number of carbonyl (C=O) groups is 2. The van der Waals surface area contributed by atoms with E-state index in [-0.39, 0.29) is 17.0 Å². The van der Waals surface area contributed by atoms with Gasteiger partial charge in [0.25, 0.3) is 5.91 Å². The van der Waals surface area contributed by atoms with Crippen LogP contribution in [-0.4, -0.2) is 41.0 Å². The number of hydrogen-bond acceptors (Lipinski definition) is 4. The van der Waals surface area contributed by atoms with E-state index in [1.165, 1.54) is 11.1 Å². The lowest BCUT2D eigenvalue weighted by Gasteiger charge is -2.23. The van der Waals surface area contributed by atoms with Crippen molar-refractivity contribution < 1.29 is 14.3 Å². The first-order valence-electron chi connectivity index (χ1n) is 6.23. The summed E-state index contributed by atoms with van der Waals surface area (Å²) in [5.41, 5.74) is 0.320. The molecule has 0 saturated carbocycles. The standard InChI is InChI=1S/C13H15ClN2O3/c1-2-19-13(18)10-6-4-8-16(10)12(17)9-5-3-7-15-11(9)14/h3,5,7,10H,2,4,6,8H2,1H3. The molecule has 1 aliphatic heterocycles. The van der Waals surface area contributed by atoms with Gasteiger partial charge in [-0.3, -0.25) is 4.79 Å². The Bertz CT molecular complexity index is 493. The number of nitrogens with zero attached hydrogens (tertiary/aromatic N) is 2. The molecule has 2 heterocycles. The van der Waals surface area contributed by atoms with Crippen molar-refractivity contribution in [2.45, 2.75) is 25.8 Å². The van der Waals surface area contributed by atoms with Crippen LogP contribution >= 0.6 is 11.6 Å². The third-order valence-electron chi connectivity index (χ3n) is 3.06. The molecular formula is C13H15ClN2O3. The fourth-order valence-electron chi connectivity index (χ4n) is 2.19. The molecule has 102 valence electrons. The minimum absolute atomic E-state index is 0.155. The summed E-state index contributed by atoms with van der Waals surface area (Å²) >= 11 is 5.91. The second-order valence-corrected chi connectivity index (χ2v) is 4.61. The maximum absolute atomic E-state index is 12.4. The quantitative estimate of drug-likeness (QED) is 0.628. The Balaban J connectivity index is 2.19. The Labute approximate surface area is 116 Å². The molecule has 1 atom stereocenters. The summed E-state index contributed by atoms with van der Waals surface area (Å²) in [7, 11) is 0. The van der Waals surface area contributed by atoms with Crippen molar-refractivity contribution in [3.05, 3.63) is 29.0 Å². The minimum Gasteiger partial charge on any atom is -0.464 e. The minimum atomic E-state index is -0.510. The van der Waals surface area contributed by atoms with Crippen LogP contribution in [0.1, 0.15) is 30.1 Å². The maximum Gasteiger partial charge on any atom is 0.328 e. The van der Waals surface area contributed by atoms with Crippen LogP contribution in [0.25, 0.3) is 0 Å². The monoisotopic (exact) mass is 282 g/mol. The van der Waals surface area contributed by atoms with Crippen molar-refractivity contribution in [1.82, 2.24) is 9.88 Å². The topological polar surface area (TPSA) is 59.5 Å². The van der Waals surface area contributed by atoms with E-state index in [0.717, 1.165) is 6.42 Å². The fourth-order valence-corrected chi connectivity index (χ4v) is 2.39. The lowest BCUT2D eigenvalue weighted by atomic mass is 10.2. The number of aromatic nitrogens is 1. The molecule has 1 unspecified atom stereocenters. The van der Waals surface area contributed by atoms with Crippen LogP contribution in [0, 0.1) is 0 Å². The summed E-state index contributed by atoms with van der Waals surface area (Å²) < 4.78 is 4.99. The molecule has 5 nitrogen and oxygen atoms in total. The molecule has 1 amide bonds. The molecule has 2 rings (SSSR count). The van der Waals surface area contributed by atoms with Gasteiger partial charge in [0, 0.05) is 12.7 Å². The Morgan fingerprint density at radius 2 is 2.37 bits per heavy atom. The lowest BCUT2D eigenvalue weighted by Crippen LogP contribution is -2.41. The van der Waals surface area contributed by atoms with E-state index in [2.05, 4.69) is 4.98 Å². The number of halogens is 1. The number of esters is 1. The van der Waals surface area contributed by atoms with Crippen LogP contribution in [0.15, 0.2) is 18.3 Å². The Kier molecular flexibility index (Phi) is 4.37. The summed E-state index contributed by atoms with van der Waals surface area (Å²) in [6.45, 7) is 2.59. The summed E-state index contributed by atoms with van der Waals surface area (Å²) in [6, 6.07) is 2.75. The van der Waals surface area contributed by atoms with Crippen LogP contribution in [0.2, 0.25) is 5.15 Å². The molecule has 0 bridgehead atoms. The summed E-state index contributed by atoms with van der Waals surface area (Å²) in [5, 5.41) is 0.155. The van der Waals surface area contributed by atoms with Crippen LogP contribution in [0.5, 0.6) is 0 Å². The van der Waals surface area contributed by atoms with Crippen molar-refractivity contribution in [2.75, 3.05) is 13.2 Å². The number of hydrogen-bond donors (Lipinski definition) is 0. The molecule has 1 aromatic heterocycles. The van der Waals surface area contributed by atoms with E-state index in [0.29, 0.717) is 25.1 Å².